The highest BCUT2D eigenvalue weighted by Gasteiger charge is 2.33. The van der Waals surface area contributed by atoms with E-state index in [2.05, 4.69) is 10.0 Å². The van der Waals surface area contributed by atoms with Crippen LogP contribution in [0.4, 0.5) is 0 Å². The first-order valence-corrected chi connectivity index (χ1v) is 8.97. The Balaban J connectivity index is 2.03. The summed E-state index contributed by atoms with van der Waals surface area (Å²) in [5.74, 6) is 0. The van der Waals surface area contributed by atoms with Crippen molar-refractivity contribution in [3.63, 3.8) is 0 Å². The third-order valence-electron chi connectivity index (χ3n) is 3.65. The number of ether oxygens (including phenoxy) is 1. The second-order valence-corrected chi connectivity index (χ2v) is 6.94. The normalized spacial score (nSPS) is 22.0. The number of nitrogens with one attached hydrogen (secondary N) is 2. The van der Waals surface area contributed by atoms with Crippen LogP contribution in [0.3, 0.4) is 0 Å². The van der Waals surface area contributed by atoms with E-state index in [0.29, 0.717) is 18.0 Å². The summed E-state index contributed by atoms with van der Waals surface area (Å²) in [5, 5.41) is 3.17. The highest BCUT2D eigenvalue weighted by Crippen LogP contribution is 2.25. The second-order valence-electron chi connectivity index (χ2n) is 5.26. The van der Waals surface area contributed by atoms with E-state index < -0.39 is 10.0 Å². The van der Waals surface area contributed by atoms with E-state index in [4.69, 9.17) is 4.74 Å². The van der Waals surface area contributed by atoms with Crippen LogP contribution in [0.5, 0.6) is 0 Å². The van der Waals surface area contributed by atoms with Gasteiger partial charge in [0, 0.05) is 19.2 Å². The molecule has 1 aliphatic rings. The van der Waals surface area contributed by atoms with E-state index in [0.717, 1.165) is 24.9 Å². The lowest BCUT2D eigenvalue weighted by Crippen LogP contribution is -2.47. The summed E-state index contributed by atoms with van der Waals surface area (Å²) in [6, 6.07) is 7.11. The van der Waals surface area contributed by atoms with Crippen molar-refractivity contribution in [3.8, 4) is 0 Å². The molecular formula is C15H24N2O3S. The van der Waals surface area contributed by atoms with Gasteiger partial charge in [-0.25, -0.2) is 13.1 Å². The third-order valence-corrected chi connectivity index (χ3v) is 5.27. The highest BCUT2D eigenvalue weighted by atomic mass is 32.2. The molecule has 0 atom stereocenters. The molecule has 1 aromatic rings. The molecule has 6 heteroatoms. The monoisotopic (exact) mass is 312 g/mol. The molecule has 0 radical (unpaired) electrons. The predicted octanol–water partition coefficient (Wildman–Crippen LogP) is 1.64. The minimum Gasteiger partial charge on any atom is -0.378 e. The Bertz CT molecular complexity index is 554. The van der Waals surface area contributed by atoms with Crippen molar-refractivity contribution in [2.24, 2.45) is 0 Å². The molecule has 1 aliphatic carbocycles. The molecule has 2 N–H and O–H groups in total. The van der Waals surface area contributed by atoms with E-state index in [1.54, 1.807) is 12.1 Å². The first-order chi connectivity index (χ1) is 10.1. The van der Waals surface area contributed by atoms with Gasteiger partial charge in [-0.3, -0.25) is 0 Å². The van der Waals surface area contributed by atoms with Crippen molar-refractivity contribution in [2.75, 3.05) is 13.2 Å². The van der Waals surface area contributed by atoms with Crippen molar-refractivity contribution in [1.82, 2.24) is 10.0 Å². The first kappa shape index (κ1) is 16.4. The largest absolute Gasteiger partial charge is 0.378 e. The summed E-state index contributed by atoms with van der Waals surface area (Å²) in [7, 11) is -3.47. The van der Waals surface area contributed by atoms with Gasteiger partial charge in [0.05, 0.1) is 11.0 Å². The van der Waals surface area contributed by atoms with Gasteiger partial charge in [-0.1, -0.05) is 25.1 Å². The summed E-state index contributed by atoms with van der Waals surface area (Å²) in [6.07, 6.45) is 1.70. The maximum atomic E-state index is 12.5. The summed E-state index contributed by atoms with van der Waals surface area (Å²) in [6.45, 7) is 5.99. The zero-order valence-corrected chi connectivity index (χ0v) is 13.4. The van der Waals surface area contributed by atoms with Crippen molar-refractivity contribution >= 4 is 10.0 Å². The van der Waals surface area contributed by atoms with Crippen LogP contribution in [-0.2, 0) is 21.3 Å². The number of rotatable bonds is 8. The molecule has 2 rings (SSSR count). The Hall–Kier alpha value is -0.950. The maximum Gasteiger partial charge on any atom is 0.241 e. The lowest BCUT2D eigenvalue weighted by molar-refractivity contribution is -0.00476. The van der Waals surface area contributed by atoms with E-state index in [9.17, 15) is 8.42 Å². The Morgan fingerprint density at radius 2 is 1.95 bits per heavy atom. The SMILES string of the molecule is CCNCc1ccccc1S(=O)(=O)NC1CC(OCC)C1. The van der Waals surface area contributed by atoms with Crippen LogP contribution in [0.15, 0.2) is 29.2 Å². The van der Waals surface area contributed by atoms with Crippen LogP contribution in [0.25, 0.3) is 0 Å². The molecule has 1 fully saturated rings. The molecule has 0 spiro atoms. The minimum absolute atomic E-state index is 0.0151. The quantitative estimate of drug-likeness (QED) is 0.766. The third kappa shape index (κ3) is 4.26. The van der Waals surface area contributed by atoms with Crippen LogP contribution < -0.4 is 10.0 Å². The molecule has 0 saturated heterocycles. The smallest absolute Gasteiger partial charge is 0.241 e. The Kier molecular flexibility index (Phi) is 5.75. The van der Waals surface area contributed by atoms with Gasteiger partial charge in [-0.2, -0.15) is 0 Å². The Morgan fingerprint density at radius 1 is 1.24 bits per heavy atom. The van der Waals surface area contributed by atoms with Crippen molar-refractivity contribution in [2.45, 2.75) is 50.3 Å². The average molecular weight is 312 g/mol. The lowest BCUT2D eigenvalue weighted by Gasteiger charge is -2.35. The van der Waals surface area contributed by atoms with Crippen LogP contribution in [0, 0.1) is 0 Å². The molecule has 0 heterocycles. The van der Waals surface area contributed by atoms with E-state index in [1.807, 2.05) is 26.0 Å². The van der Waals surface area contributed by atoms with Crippen molar-refractivity contribution in [1.29, 1.82) is 0 Å². The molecule has 1 saturated carbocycles. The van der Waals surface area contributed by atoms with Gasteiger partial charge in [0.25, 0.3) is 0 Å². The first-order valence-electron chi connectivity index (χ1n) is 7.49. The van der Waals surface area contributed by atoms with Crippen LogP contribution in [0.2, 0.25) is 0 Å². The maximum absolute atomic E-state index is 12.5. The Morgan fingerprint density at radius 3 is 2.62 bits per heavy atom. The molecule has 0 bridgehead atoms. The number of benzene rings is 1. The van der Waals surface area contributed by atoms with Gasteiger partial charge < -0.3 is 10.1 Å². The molecule has 21 heavy (non-hydrogen) atoms. The molecule has 118 valence electrons. The van der Waals surface area contributed by atoms with E-state index in [-0.39, 0.29) is 12.1 Å². The fourth-order valence-corrected chi connectivity index (χ4v) is 3.99. The van der Waals surface area contributed by atoms with Crippen LogP contribution >= 0.6 is 0 Å². The zero-order valence-electron chi connectivity index (χ0n) is 12.6. The highest BCUT2D eigenvalue weighted by molar-refractivity contribution is 7.89. The van der Waals surface area contributed by atoms with Gasteiger partial charge in [-0.05, 0) is 37.9 Å². The number of sulfonamides is 1. The van der Waals surface area contributed by atoms with Gasteiger partial charge >= 0.3 is 0 Å². The van der Waals surface area contributed by atoms with Gasteiger partial charge in [0.1, 0.15) is 0 Å². The van der Waals surface area contributed by atoms with Gasteiger partial charge in [-0.15, -0.1) is 0 Å². The zero-order chi connectivity index (χ0) is 15.3. The number of hydrogen-bond donors (Lipinski definition) is 2. The molecule has 1 aromatic carbocycles. The topological polar surface area (TPSA) is 67.4 Å². The van der Waals surface area contributed by atoms with E-state index in [1.165, 1.54) is 0 Å². The van der Waals surface area contributed by atoms with Crippen LogP contribution in [0.1, 0.15) is 32.3 Å². The molecule has 0 aromatic heterocycles. The van der Waals surface area contributed by atoms with Gasteiger partial charge in [0.15, 0.2) is 0 Å². The fourth-order valence-electron chi connectivity index (χ4n) is 2.49. The van der Waals surface area contributed by atoms with Crippen LogP contribution in [-0.4, -0.2) is 33.7 Å². The average Bonchev–Trinajstić information content (AvgIpc) is 2.43. The summed E-state index contributed by atoms with van der Waals surface area (Å²) in [4.78, 5) is 0.366. The molecule has 5 nitrogen and oxygen atoms in total. The fraction of sp³-hybridized carbons (Fsp3) is 0.600. The summed E-state index contributed by atoms with van der Waals surface area (Å²) in [5.41, 5.74) is 0.799. The molecule has 0 aliphatic heterocycles. The molecule has 0 amide bonds. The van der Waals surface area contributed by atoms with Crippen molar-refractivity contribution in [3.05, 3.63) is 29.8 Å². The Labute approximate surface area is 127 Å². The number of hydrogen-bond acceptors (Lipinski definition) is 4. The van der Waals surface area contributed by atoms with Crippen molar-refractivity contribution < 1.29 is 13.2 Å². The van der Waals surface area contributed by atoms with E-state index >= 15 is 0 Å². The lowest BCUT2D eigenvalue weighted by atomic mass is 9.90. The predicted molar refractivity (Wildman–Crippen MR) is 82.6 cm³/mol. The summed E-state index contributed by atoms with van der Waals surface area (Å²) >= 11 is 0. The standard InChI is InChI=1S/C15H24N2O3S/c1-3-16-11-12-7-5-6-8-15(12)21(18,19)17-13-9-14(10-13)20-4-2/h5-8,13-14,16-17H,3-4,9-11H2,1-2H3. The van der Waals surface area contributed by atoms with Gasteiger partial charge in [0.2, 0.25) is 10.0 Å². The minimum atomic E-state index is -3.47. The summed E-state index contributed by atoms with van der Waals surface area (Å²) < 4.78 is 33.2. The molecular weight excluding hydrogens is 288 g/mol. The molecule has 0 unspecified atom stereocenters. The second kappa shape index (κ2) is 7.35.